The van der Waals surface area contributed by atoms with Crippen LogP contribution in [0.5, 0.6) is 0 Å². The van der Waals surface area contributed by atoms with Gasteiger partial charge in [-0.1, -0.05) is 6.92 Å². The lowest BCUT2D eigenvalue weighted by atomic mass is 9.95. The lowest BCUT2D eigenvalue weighted by Crippen LogP contribution is -2.51. The van der Waals surface area contributed by atoms with E-state index in [0.717, 1.165) is 28.9 Å². The van der Waals surface area contributed by atoms with E-state index in [-0.39, 0.29) is 12.1 Å². The lowest BCUT2D eigenvalue weighted by molar-refractivity contribution is 0.0495. The van der Waals surface area contributed by atoms with Crippen molar-refractivity contribution in [2.45, 2.75) is 45.8 Å². The lowest BCUT2D eigenvalue weighted by Gasteiger charge is -2.38. The topological polar surface area (TPSA) is 78.2 Å². The molecule has 2 heterocycles. The molecule has 1 aliphatic rings. The number of thiazole rings is 1. The Morgan fingerprint density at radius 1 is 1.42 bits per heavy atom. The van der Waals surface area contributed by atoms with Crippen molar-refractivity contribution in [3.05, 3.63) is 23.2 Å². The fraction of sp³-hybridized carbons (Fsp3) is 0.526. The number of amides is 1. The summed E-state index contributed by atoms with van der Waals surface area (Å²) in [6.07, 6.45) is 0.539. The average molecular weight is 372 g/mol. The standard InChI is InChI=1S/C19H24N4O2S/c1-12-7-14(22-18(24)25-19(2,3)4)10-23(9-12)15-6-5-13(8-20)16-17(15)26-11-21-16/h5-6,11-12,14H,7,9-10H2,1-4H3,(H,22,24)/t12-,14+/m0/s1. The van der Waals surface area contributed by atoms with E-state index in [9.17, 15) is 10.1 Å². The number of carbonyl (C=O) groups is 1. The van der Waals surface area contributed by atoms with Crippen molar-refractivity contribution < 1.29 is 9.53 Å². The number of hydrogen-bond donors (Lipinski definition) is 1. The molecule has 2 atom stereocenters. The predicted molar refractivity (Wildman–Crippen MR) is 103 cm³/mol. The van der Waals surface area contributed by atoms with E-state index in [1.807, 2.05) is 32.9 Å². The van der Waals surface area contributed by atoms with Crippen molar-refractivity contribution in [2.24, 2.45) is 5.92 Å². The van der Waals surface area contributed by atoms with Crippen molar-refractivity contribution in [2.75, 3.05) is 18.0 Å². The van der Waals surface area contributed by atoms with Gasteiger partial charge in [0.2, 0.25) is 0 Å². The van der Waals surface area contributed by atoms with Gasteiger partial charge in [-0.3, -0.25) is 0 Å². The van der Waals surface area contributed by atoms with E-state index in [4.69, 9.17) is 4.74 Å². The normalized spacial score (nSPS) is 20.7. The summed E-state index contributed by atoms with van der Waals surface area (Å²) >= 11 is 1.55. The van der Waals surface area contributed by atoms with Crippen LogP contribution in [0.1, 0.15) is 39.7 Å². The number of carbonyl (C=O) groups excluding carboxylic acids is 1. The maximum Gasteiger partial charge on any atom is 0.407 e. The Morgan fingerprint density at radius 3 is 2.88 bits per heavy atom. The minimum atomic E-state index is -0.508. The molecular formula is C19H24N4O2S. The Morgan fingerprint density at radius 2 is 2.19 bits per heavy atom. The van der Waals surface area contributed by atoms with Gasteiger partial charge in [-0.2, -0.15) is 5.26 Å². The number of piperidine rings is 1. The number of nitriles is 1. The first-order valence-electron chi connectivity index (χ1n) is 8.77. The van der Waals surface area contributed by atoms with Crippen LogP contribution in [0, 0.1) is 17.2 Å². The second-order valence-corrected chi connectivity index (χ2v) is 8.72. The predicted octanol–water partition coefficient (Wildman–Crippen LogP) is 3.91. The van der Waals surface area contributed by atoms with Gasteiger partial charge in [-0.05, 0) is 45.2 Å². The zero-order chi connectivity index (χ0) is 18.9. The van der Waals surface area contributed by atoms with Crippen molar-refractivity contribution in [1.29, 1.82) is 5.26 Å². The Kier molecular flexibility index (Phi) is 5.05. The van der Waals surface area contributed by atoms with Gasteiger partial charge in [0.15, 0.2) is 0 Å². The van der Waals surface area contributed by atoms with E-state index in [0.29, 0.717) is 18.0 Å². The number of rotatable bonds is 2. The summed E-state index contributed by atoms with van der Waals surface area (Å²) in [5, 5.41) is 12.3. The van der Waals surface area contributed by atoms with E-state index in [1.165, 1.54) is 0 Å². The van der Waals surface area contributed by atoms with E-state index < -0.39 is 5.60 Å². The number of anilines is 1. The minimum absolute atomic E-state index is 0.0206. The maximum atomic E-state index is 12.1. The van der Waals surface area contributed by atoms with E-state index in [2.05, 4.69) is 28.2 Å². The van der Waals surface area contributed by atoms with Gasteiger partial charge in [0.1, 0.15) is 17.2 Å². The third kappa shape index (κ3) is 4.07. The minimum Gasteiger partial charge on any atom is -0.444 e. The first kappa shape index (κ1) is 18.5. The number of benzene rings is 1. The fourth-order valence-corrected chi connectivity index (χ4v) is 4.26. The Bertz CT molecular complexity index is 849. The number of hydrogen-bond acceptors (Lipinski definition) is 6. The molecule has 0 spiro atoms. The first-order chi connectivity index (χ1) is 12.3. The van der Waals surface area contributed by atoms with Crippen molar-refractivity contribution in [1.82, 2.24) is 10.3 Å². The molecule has 7 heteroatoms. The van der Waals surface area contributed by atoms with Gasteiger partial charge in [-0.25, -0.2) is 9.78 Å². The van der Waals surface area contributed by atoms with Crippen LogP contribution in [-0.4, -0.2) is 35.8 Å². The monoisotopic (exact) mass is 372 g/mol. The molecule has 0 unspecified atom stereocenters. The first-order valence-corrected chi connectivity index (χ1v) is 9.65. The summed E-state index contributed by atoms with van der Waals surface area (Å²) in [6.45, 7) is 9.39. The smallest absolute Gasteiger partial charge is 0.407 e. The van der Waals surface area contributed by atoms with E-state index in [1.54, 1.807) is 16.8 Å². The molecule has 1 aromatic heterocycles. The number of nitrogens with zero attached hydrogens (tertiary/aromatic N) is 3. The molecule has 2 aromatic rings. The SMILES string of the molecule is C[C@H]1C[C@@H](NC(=O)OC(C)(C)C)CN(c2ccc(C#N)c3ncsc23)C1. The highest BCUT2D eigenvalue weighted by atomic mass is 32.1. The van der Waals surface area contributed by atoms with Crippen LogP contribution >= 0.6 is 11.3 Å². The Balaban J connectivity index is 1.80. The molecule has 1 aromatic carbocycles. The summed E-state index contributed by atoms with van der Waals surface area (Å²) in [5.41, 5.74) is 3.69. The number of aromatic nitrogens is 1. The van der Waals surface area contributed by atoms with Gasteiger partial charge in [0.05, 0.1) is 21.5 Å². The van der Waals surface area contributed by atoms with Gasteiger partial charge in [0, 0.05) is 19.1 Å². The van der Waals surface area contributed by atoms with Crippen LogP contribution in [0.15, 0.2) is 17.6 Å². The average Bonchev–Trinajstić information content (AvgIpc) is 3.00. The molecule has 6 nitrogen and oxygen atoms in total. The van der Waals surface area contributed by atoms with E-state index >= 15 is 0 Å². The van der Waals surface area contributed by atoms with Crippen LogP contribution in [0.4, 0.5) is 10.5 Å². The van der Waals surface area contributed by atoms with Crippen molar-refractivity contribution in [3.8, 4) is 6.07 Å². The fourth-order valence-electron chi connectivity index (χ4n) is 3.40. The summed E-state index contributed by atoms with van der Waals surface area (Å²) in [6, 6.07) is 6.04. The van der Waals surface area contributed by atoms with Crippen molar-refractivity contribution >= 4 is 33.3 Å². The van der Waals surface area contributed by atoms with Gasteiger partial charge in [-0.15, -0.1) is 11.3 Å². The third-order valence-electron chi connectivity index (χ3n) is 4.30. The largest absolute Gasteiger partial charge is 0.444 e. The quantitative estimate of drug-likeness (QED) is 0.865. The Labute approximate surface area is 157 Å². The van der Waals surface area contributed by atoms with Crippen LogP contribution in [0.3, 0.4) is 0 Å². The zero-order valence-electron chi connectivity index (χ0n) is 15.6. The van der Waals surface area contributed by atoms with Crippen molar-refractivity contribution in [3.63, 3.8) is 0 Å². The molecule has 26 heavy (non-hydrogen) atoms. The molecule has 0 radical (unpaired) electrons. The number of fused-ring (bicyclic) bond motifs is 1. The highest BCUT2D eigenvalue weighted by Gasteiger charge is 2.29. The summed E-state index contributed by atoms with van der Waals surface area (Å²) in [4.78, 5) is 18.8. The summed E-state index contributed by atoms with van der Waals surface area (Å²) in [5.74, 6) is 0.433. The molecule has 1 aliphatic heterocycles. The van der Waals surface area contributed by atoms with Gasteiger partial charge >= 0.3 is 6.09 Å². The highest BCUT2D eigenvalue weighted by Crippen LogP contribution is 2.34. The zero-order valence-corrected chi connectivity index (χ0v) is 16.4. The van der Waals surface area contributed by atoms with Crippen LogP contribution in [-0.2, 0) is 4.74 Å². The molecule has 1 N–H and O–H groups in total. The molecule has 138 valence electrons. The summed E-state index contributed by atoms with van der Waals surface area (Å²) < 4.78 is 6.41. The molecular weight excluding hydrogens is 348 g/mol. The molecule has 1 amide bonds. The molecule has 0 bridgehead atoms. The van der Waals surface area contributed by atoms with Gasteiger partial charge in [0.25, 0.3) is 0 Å². The second kappa shape index (κ2) is 7.12. The number of alkyl carbamates (subject to hydrolysis) is 1. The third-order valence-corrected chi connectivity index (χ3v) is 5.15. The van der Waals surface area contributed by atoms with Crippen LogP contribution in [0.2, 0.25) is 0 Å². The highest BCUT2D eigenvalue weighted by molar-refractivity contribution is 7.17. The molecule has 3 rings (SSSR count). The summed E-state index contributed by atoms with van der Waals surface area (Å²) in [7, 11) is 0. The molecule has 1 fully saturated rings. The molecule has 1 saturated heterocycles. The number of ether oxygens (including phenoxy) is 1. The van der Waals surface area contributed by atoms with Crippen LogP contribution < -0.4 is 10.2 Å². The second-order valence-electron chi connectivity index (χ2n) is 7.86. The van der Waals surface area contributed by atoms with Gasteiger partial charge < -0.3 is 15.0 Å². The molecule has 0 saturated carbocycles. The number of nitrogens with one attached hydrogen (secondary N) is 1. The van der Waals surface area contributed by atoms with Crippen LogP contribution in [0.25, 0.3) is 10.2 Å². The Hall–Kier alpha value is -2.33. The molecule has 0 aliphatic carbocycles. The maximum absolute atomic E-state index is 12.1.